The third-order valence-electron chi connectivity index (χ3n) is 3.14. The van der Waals surface area contributed by atoms with E-state index in [1.807, 2.05) is 30.3 Å². The highest BCUT2D eigenvalue weighted by atomic mass is 32.1. The molecule has 102 valence electrons. The van der Waals surface area contributed by atoms with E-state index in [9.17, 15) is 5.11 Å². The van der Waals surface area contributed by atoms with Crippen LogP contribution in [0.3, 0.4) is 0 Å². The van der Waals surface area contributed by atoms with E-state index in [4.69, 9.17) is 0 Å². The van der Waals surface area contributed by atoms with E-state index in [2.05, 4.69) is 30.6 Å². The van der Waals surface area contributed by atoms with Gasteiger partial charge in [0.25, 0.3) is 0 Å². The fourth-order valence-corrected chi connectivity index (χ4v) is 3.08. The molecule has 1 unspecified atom stereocenters. The smallest absolute Gasteiger partial charge is 0.0914 e. The Kier molecular flexibility index (Phi) is 5.14. The lowest BCUT2D eigenvalue weighted by molar-refractivity contribution is 0.170. The van der Waals surface area contributed by atoms with Crippen molar-refractivity contribution in [3.05, 3.63) is 57.8 Å². The predicted molar refractivity (Wildman–Crippen MR) is 81.6 cm³/mol. The summed E-state index contributed by atoms with van der Waals surface area (Å²) in [6, 6.07) is 12.4. The molecule has 0 amide bonds. The van der Waals surface area contributed by atoms with Crippen molar-refractivity contribution < 1.29 is 5.11 Å². The molecule has 0 aliphatic carbocycles. The second kappa shape index (κ2) is 6.85. The third kappa shape index (κ3) is 4.46. The Hall–Kier alpha value is -1.16. The zero-order valence-corrected chi connectivity index (χ0v) is 12.3. The fraction of sp³-hybridized carbons (Fsp3) is 0.375. The molecule has 2 nitrogen and oxygen atoms in total. The monoisotopic (exact) mass is 275 g/mol. The highest BCUT2D eigenvalue weighted by Crippen LogP contribution is 2.16. The van der Waals surface area contributed by atoms with Gasteiger partial charge in [-0.1, -0.05) is 30.3 Å². The normalized spacial score (nSPS) is 14.3. The molecule has 2 aromatic rings. The fourth-order valence-electron chi connectivity index (χ4n) is 2.08. The Morgan fingerprint density at radius 3 is 2.63 bits per heavy atom. The first kappa shape index (κ1) is 14.3. The van der Waals surface area contributed by atoms with Crippen molar-refractivity contribution in [2.45, 2.75) is 32.4 Å². The molecule has 19 heavy (non-hydrogen) atoms. The summed E-state index contributed by atoms with van der Waals surface area (Å²) in [7, 11) is 0. The Morgan fingerprint density at radius 2 is 2.00 bits per heavy atom. The van der Waals surface area contributed by atoms with Gasteiger partial charge in [-0.15, -0.1) is 11.3 Å². The molecule has 0 radical (unpaired) electrons. The number of hydrogen-bond acceptors (Lipinski definition) is 3. The first-order valence-corrected chi connectivity index (χ1v) is 7.53. The average molecular weight is 275 g/mol. The highest BCUT2D eigenvalue weighted by Gasteiger charge is 2.10. The van der Waals surface area contributed by atoms with Crippen LogP contribution in [0.25, 0.3) is 0 Å². The minimum absolute atomic E-state index is 0.372. The van der Waals surface area contributed by atoms with Gasteiger partial charge in [-0.3, -0.25) is 0 Å². The van der Waals surface area contributed by atoms with Crippen LogP contribution in [0.4, 0.5) is 0 Å². The van der Waals surface area contributed by atoms with Crippen LogP contribution < -0.4 is 5.32 Å². The van der Waals surface area contributed by atoms with Gasteiger partial charge in [0, 0.05) is 17.5 Å². The summed E-state index contributed by atoms with van der Waals surface area (Å²) in [4.78, 5) is 1.40. The van der Waals surface area contributed by atoms with Crippen LogP contribution in [0.2, 0.25) is 0 Å². The Bertz CT molecular complexity index is 494. The van der Waals surface area contributed by atoms with Gasteiger partial charge in [-0.25, -0.2) is 0 Å². The summed E-state index contributed by atoms with van der Waals surface area (Å²) < 4.78 is 0. The van der Waals surface area contributed by atoms with Gasteiger partial charge in [-0.05, 0) is 42.8 Å². The van der Waals surface area contributed by atoms with Crippen LogP contribution in [-0.2, 0) is 6.42 Å². The molecule has 0 spiro atoms. The van der Waals surface area contributed by atoms with Crippen LogP contribution in [-0.4, -0.2) is 17.7 Å². The molecule has 2 atom stereocenters. The number of aliphatic hydroxyl groups is 1. The highest BCUT2D eigenvalue weighted by molar-refractivity contribution is 7.10. The molecule has 0 aliphatic heterocycles. The summed E-state index contributed by atoms with van der Waals surface area (Å²) in [5.74, 6) is 0. The summed E-state index contributed by atoms with van der Waals surface area (Å²) in [5.41, 5.74) is 2.30. The standard InChI is InChI=1S/C16H21NOS/c1-12-8-15(19-11-12)9-13(2)17-10-16(18)14-6-4-3-5-7-14/h3-8,11,13,16-18H,9-10H2,1-2H3/t13?,16-/m0/s1. The molecule has 3 heteroatoms. The lowest BCUT2D eigenvalue weighted by atomic mass is 10.1. The van der Waals surface area contributed by atoms with Crippen molar-refractivity contribution >= 4 is 11.3 Å². The van der Waals surface area contributed by atoms with Crippen molar-refractivity contribution in [1.29, 1.82) is 0 Å². The molecule has 1 heterocycles. The summed E-state index contributed by atoms with van der Waals surface area (Å²) >= 11 is 1.81. The second-order valence-corrected chi connectivity index (χ2v) is 6.03. The number of hydrogen-bond donors (Lipinski definition) is 2. The Labute approximate surface area is 119 Å². The first-order valence-electron chi connectivity index (χ1n) is 6.65. The first-order chi connectivity index (χ1) is 9.15. The van der Waals surface area contributed by atoms with Gasteiger partial charge in [-0.2, -0.15) is 0 Å². The van der Waals surface area contributed by atoms with E-state index in [0.29, 0.717) is 12.6 Å². The molecule has 0 bridgehead atoms. The molecule has 2 rings (SSSR count). The quantitative estimate of drug-likeness (QED) is 0.847. The van der Waals surface area contributed by atoms with Gasteiger partial charge in [0.2, 0.25) is 0 Å². The largest absolute Gasteiger partial charge is 0.387 e. The van der Waals surface area contributed by atoms with E-state index in [0.717, 1.165) is 12.0 Å². The maximum Gasteiger partial charge on any atom is 0.0914 e. The number of thiophene rings is 1. The molecular formula is C16H21NOS. The summed E-state index contributed by atoms with van der Waals surface area (Å²) in [5, 5.41) is 15.7. The lowest BCUT2D eigenvalue weighted by Crippen LogP contribution is -2.31. The van der Waals surface area contributed by atoms with Gasteiger partial charge in [0.05, 0.1) is 6.10 Å². The minimum Gasteiger partial charge on any atom is -0.387 e. The summed E-state index contributed by atoms with van der Waals surface area (Å²) in [6.07, 6.45) is 0.578. The Balaban J connectivity index is 1.79. The molecule has 2 N–H and O–H groups in total. The van der Waals surface area contributed by atoms with Gasteiger partial charge in [0.15, 0.2) is 0 Å². The number of benzene rings is 1. The topological polar surface area (TPSA) is 32.3 Å². The zero-order chi connectivity index (χ0) is 13.7. The zero-order valence-electron chi connectivity index (χ0n) is 11.5. The lowest BCUT2D eigenvalue weighted by Gasteiger charge is -2.17. The van der Waals surface area contributed by atoms with E-state index in [-0.39, 0.29) is 0 Å². The van der Waals surface area contributed by atoms with Crippen molar-refractivity contribution in [2.24, 2.45) is 0 Å². The van der Waals surface area contributed by atoms with E-state index < -0.39 is 6.10 Å². The van der Waals surface area contributed by atoms with Crippen LogP contribution in [0.5, 0.6) is 0 Å². The van der Waals surface area contributed by atoms with E-state index in [1.165, 1.54) is 10.4 Å². The van der Waals surface area contributed by atoms with E-state index in [1.54, 1.807) is 11.3 Å². The second-order valence-electron chi connectivity index (χ2n) is 5.03. The predicted octanol–water partition coefficient (Wildman–Crippen LogP) is 3.31. The Morgan fingerprint density at radius 1 is 1.26 bits per heavy atom. The number of aryl methyl sites for hydroxylation is 1. The number of rotatable bonds is 6. The van der Waals surface area contributed by atoms with Crippen LogP contribution >= 0.6 is 11.3 Å². The van der Waals surface area contributed by atoms with Gasteiger partial charge >= 0.3 is 0 Å². The average Bonchev–Trinajstić information content (AvgIpc) is 2.82. The number of aliphatic hydroxyl groups excluding tert-OH is 1. The van der Waals surface area contributed by atoms with Gasteiger partial charge in [0.1, 0.15) is 0 Å². The number of nitrogens with one attached hydrogen (secondary N) is 1. The maximum atomic E-state index is 10.1. The van der Waals surface area contributed by atoms with Crippen molar-refractivity contribution in [1.82, 2.24) is 5.32 Å². The maximum absolute atomic E-state index is 10.1. The molecule has 1 aromatic heterocycles. The molecule has 0 fully saturated rings. The van der Waals surface area contributed by atoms with Gasteiger partial charge < -0.3 is 10.4 Å². The van der Waals surface area contributed by atoms with E-state index >= 15 is 0 Å². The van der Waals surface area contributed by atoms with Crippen molar-refractivity contribution in [3.63, 3.8) is 0 Å². The van der Waals surface area contributed by atoms with Crippen LogP contribution in [0.15, 0.2) is 41.8 Å². The van der Waals surface area contributed by atoms with Crippen LogP contribution in [0.1, 0.15) is 29.0 Å². The molecular weight excluding hydrogens is 254 g/mol. The van der Waals surface area contributed by atoms with Crippen molar-refractivity contribution in [3.8, 4) is 0 Å². The molecule has 0 aliphatic rings. The molecule has 1 aromatic carbocycles. The minimum atomic E-state index is -0.436. The molecule has 0 saturated carbocycles. The molecule has 0 saturated heterocycles. The SMILES string of the molecule is Cc1csc(CC(C)NC[C@H](O)c2ccccc2)c1. The van der Waals surface area contributed by atoms with Crippen LogP contribution in [0, 0.1) is 6.92 Å². The third-order valence-corrected chi connectivity index (χ3v) is 4.21. The summed E-state index contributed by atoms with van der Waals surface area (Å²) in [6.45, 7) is 4.87. The van der Waals surface area contributed by atoms with Crippen molar-refractivity contribution in [2.75, 3.05) is 6.54 Å².